The van der Waals surface area contributed by atoms with E-state index in [1.54, 1.807) is 18.2 Å². The number of nitrogens with zero attached hydrogens (tertiary/aromatic N) is 3. The summed E-state index contributed by atoms with van der Waals surface area (Å²) in [6, 6.07) is 10.8. The molecule has 4 rings (SSSR count). The fraction of sp³-hybridized carbons (Fsp3) is 0.286. The van der Waals surface area contributed by atoms with Crippen LogP contribution in [0.5, 0.6) is 0 Å². The summed E-state index contributed by atoms with van der Waals surface area (Å²) in [5.74, 6) is -1.01. The van der Waals surface area contributed by atoms with E-state index in [0.717, 1.165) is 31.3 Å². The number of nitriles is 2. The third kappa shape index (κ3) is 2.36. The maximum atomic E-state index is 14.7. The SMILES string of the molecule is N#CC1=C(C#N)[C@H]2C(=CC3=C(CCCC3)[C@H]2c2ccccc2F)N=C1N. The minimum absolute atomic E-state index is 0.0682. The van der Waals surface area contributed by atoms with Gasteiger partial charge in [0.05, 0.1) is 17.3 Å². The highest BCUT2D eigenvalue weighted by molar-refractivity contribution is 6.04. The van der Waals surface area contributed by atoms with Crippen molar-refractivity contribution in [2.45, 2.75) is 31.6 Å². The fourth-order valence-electron chi connectivity index (χ4n) is 4.35. The number of aliphatic imine (C=N–C) groups is 1. The molecule has 2 atom stereocenters. The van der Waals surface area contributed by atoms with Crippen LogP contribution in [0.4, 0.5) is 4.39 Å². The van der Waals surface area contributed by atoms with Gasteiger partial charge in [-0.3, -0.25) is 0 Å². The second-order valence-corrected chi connectivity index (χ2v) is 6.81. The second kappa shape index (κ2) is 6.28. The summed E-state index contributed by atoms with van der Waals surface area (Å²) < 4.78 is 14.7. The predicted octanol–water partition coefficient (Wildman–Crippen LogP) is 4.01. The number of benzene rings is 1. The molecule has 1 heterocycles. The van der Waals surface area contributed by atoms with E-state index in [-0.39, 0.29) is 28.7 Å². The molecule has 0 radical (unpaired) electrons. The van der Waals surface area contributed by atoms with Crippen LogP contribution in [0.1, 0.15) is 37.2 Å². The lowest BCUT2D eigenvalue weighted by atomic mass is 9.66. The van der Waals surface area contributed by atoms with Gasteiger partial charge in [-0.15, -0.1) is 0 Å². The monoisotopic (exact) mass is 344 g/mol. The Hall–Kier alpha value is -3.18. The molecule has 0 unspecified atom stereocenters. The Balaban J connectivity index is 1.99. The lowest BCUT2D eigenvalue weighted by Crippen LogP contribution is -2.32. The van der Waals surface area contributed by atoms with Crippen LogP contribution in [0.15, 0.2) is 63.3 Å². The molecule has 1 aromatic carbocycles. The second-order valence-electron chi connectivity index (χ2n) is 6.81. The lowest BCUT2D eigenvalue weighted by molar-refractivity contribution is 0.506. The van der Waals surface area contributed by atoms with Crippen molar-refractivity contribution in [3.8, 4) is 12.1 Å². The molecular formula is C21H17FN4. The number of hydrogen-bond donors (Lipinski definition) is 1. The van der Waals surface area contributed by atoms with Crippen molar-refractivity contribution in [1.82, 2.24) is 0 Å². The first kappa shape index (κ1) is 16.3. The van der Waals surface area contributed by atoms with Crippen molar-refractivity contribution in [3.63, 3.8) is 0 Å². The van der Waals surface area contributed by atoms with Gasteiger partial charge in [0.2, 0.25) is 0 Å². The first-order valence-electron chi connectivity index (χ1n) is 8.72. The number of dihydropyridines is 1. The number of allylic oxidation sites excluding steroid dienone is 4. The molecule has 5 heteroatoms. The summed E-state index contributed by atoms with van der Waals surface area (Å²) in [4.78, 5) is 4.42. The van der Waals surface area contributed by atoms with Crippen LogP contribution in [-0.2, 0) is 0 Å². The van der Waals surface area contributed by atoms with Gasteiger partial charge in [-0.1, -0.05) is 23.8 Å². The molecule has 0 fully saturated rings. The summed E-state index contributed by atoms with van der Waals surface area (Å²) in [7, 11) is 0. The summed E-state index contributed by atoms with van der Waals surface area (Å²) in [6.45, 7) is 0. The maximum absolute atomic E-state index is 14.7. The fourth-order valence-corrected chi connectivity index (χ4v) is 4.35. The lowest BCUT2D eigenvalue weighted by Gasteiger charge is -2.38. The molecule has 4 nitrogen and oxygen atoms in total. The van der Waals surface area contributed by atoms with E-state index in [2.05, 4.69) is 11.1 Å². The standard InChI is InChI=1S/C21H17FN4/c22-17-8-4-3-7-14(17)19-13-6-2-1-5-12(13)9-18-20(19)15(10-23)16(11-24)21(25)26-18/h3-4,7-9,19-20H,1-2,5-6H2,(H2,25,26)/t19-,20-/m0/s1. The largest absolute Gasteiger partial charge is 0.383 e. The van der Waals surface area contributed by atoms with E-state index in [1.807, 2.05) is 12.1 Å². The Kier molecular flexibility index (Phi) is 3.93. The molecule has 26 heavy (non-hydrogen) atoms. The third-order valence-electron chi connectivity index (χ3n) is 5.46. The number of halogens is 1. The molecule has 2 N–H and O–H groups in total. The zero-order chi connectivity index (χ0) is 18.3. The number of amidine groups is 1. The molecule has 1 aromatic rings. The number of fused-ring (bicyclic) bond motifs is 1. The molecule has 0 saturated heterocycles. The van der Waals surface area contributed by atoms with E-state index in [1.165, 1.54) is 11.6 Å². The Bertz CT molecular complexity index is 998. The maximum Gasteiger partial charge on any atom is 0.142 e. The Morgan fingerprint density at radius 3 is 2.58 bits per heavy atom. The van der Waals surface area contributed by atoms with Gasteiger partial charge in [0.15, 0.2) is 0 Å². The molecule has 0 saturated carbocycles. The highest BCUT2D eigenvalue weighted by atomic mass is 19.1. The van der Waals surface area contributed by atoms with Crippen LogP contribution in [-0.4, -0.2) is 5.84 Å². The number of rotatable bonds is 1. The van der Waals surface area contributed by atoms with Gasteiger partial charge >= 0.3 is 0 Å². The predicted molar refractivity (Wildman–Crippen MR) is 96.1 cm³/mol. The molecule has 128 valence electrons. The molecule has 0 aromatic heterocycles. The summed E-state index contributed by atoms with van der Waals surface area (Å²) in [5.41, 5.74) is 9.88. The van der Waals surface area contributed by atoms with E-state index < -0.39 is 5.92 Å². The Labute approximate surface area is 151 Å². The van der Waals surface area contributed by atoms with Crippen molar-refractivity contribution in [2.24, 2.45) is 16.6 Å². The first-order chi connectivity index (χ1) is 12.7. The van der Waals surface area contributed by atoms with E-state index in [4.69, 9.17) is 5.73 Å². The normalized spacial score (nSPS) is 24.7. The van der Waals surface area contributed by atoms with Crippen LogP contribution < -0.4 is 5.73 Å². The number of hydrogen-bond acceptors (Lipinski definition) is 4. The van der Waals surface area contributed by atoms with Crippen LogP contribution in [0.25, 0.3) is 0 Å². The highest BCUT2D eigenvalue weighted by Crippen LogP contribution is 2.51. The minimum Gasteiger partial charge on any atom is -0.383 e. The molecular weight excluding hydrogens is 327 g/mol. The molecule has 0 spiro atoms. The van der Waals surface area contributed by atoms with Gasteiger partial charge in [0, 0.05) is 11.8 Å². The van der Waals surface area contributed by atoms with Crippen LogP contribution >= 0.6 is 0 Å². The molecule has 1 aliphatic heterocycles. The van der Waals surface area contributed by atoms with Gasteiger partial charge in [-0.2, -0.15) is 10.5 Å². The Morgan fingerprint density at radius 1 is 1.08 bits per heavy atom. The molecule has 0 bridgehead atoms. The topological polar surface area (TPSA) is 86.0 Å². The first-order valence-corrected chi connectivity index (χ1v) is 8.72. The van der Waals surface area contributed by atoms with Crippen LogP contribution in [0, 0.1) is 34.4 Å². The average Bonchev–Trinajstić information content (AvgIpc) is 2.66. The average molecular weight is 344 g/mol. The zero-order valence-corrected chi connectivity index (χ0v) is 14.2. The van der Waals surface area contributed by atoms with Crippen molar-refractivity contribution >= 4 is 5.84 Å². The summed E-state index contributed by atoms with van der Waals surface area (Å²) in [6.07, 6.45) is 5.91. The van der Waals surface area contributed by atoms with Gasteiger partial charge in [0.25, 0.3) is 0 Å². The molecule has 0 amide bonds. The van der Waals surface area contributed by atoms with Gasteiger partial charge in [-0.25, -0.2) is 9.38 Å². The number of nitrogens with two attached hydrogens (primary N) is 1. The molecule has 3 aliphatic rings. The van der Waals surface area contributed by atoms with Crippen molar-refractivity contribution in [2.75, 3.05) is 0 Å². The minimum atomic E-state index is -0.462. The van der Waals surface area contributed by atoms with Crippen LogP contribution in [0.2, 0.25) is 0 Å². The third-order valence-corrected chi connectivity index (χ3v) is 5.46. The van der Waals surface area contributed by atoms with E-state index >= 15 is 0 Å². The van der Waals surface area contributed by atoms with E-state index in [0.29, 0.717) is 11.3 Å². The Morgan fingerprint density at radius 2 is 1.85 bits per heavy atom. The van der Waals surface area contributed by atoms with Gasteiger partial charge in [-0.05, 0) is 49.0 Å². The van der Waals surface area contributed by atoms with Gasteiger partial charge < -0.3 is 5.73 Å². The summed E-state index contributed by atoms with van der Waals surface area (Å²) in [5, 5.41) is 19.2. The molecule has 2 aliphatic carbocycles. The van der Waals surface area contributed by atoms with E-state index in [9.17, 15) is 14.9 Å². The zero-order valence-electron chi connectivity index (χ0n) is 14.2. The highest BCUT2D eigenvalue weighted by Gasteiger charge is 2.42. The quantitative estimate of drug-likeness (QED) is 0.835. The smallest absolute Gasteiger partial charge is 0.142 e. The van der Waals surface area contributed by atoms with Crippen molar-refractivity contribution in [1.29, 1.82) is 10.5 Å². The van der Waals surface area contributed by atoms with Crippen LogP contribution in [0.3, 0.4) is 0 Å². The van der Waals surface area contributed by atoms with Crippen molar-refractivity contribution < 1.29 is 4.39 Å². The summed E-state index contributed by atoms with van der Waals surface area (Å²) >= 11 is 0. The van der Waals surface area contributed by atoms with Crippen molar-refractivity contribution in [3.05, 3.63) is 69.7 Å². The van der Waals surface area contributed by atoms with Gasteiger partial charge in [0.1, 0.15) is 23.3 Å².